The van der Waals surface area contributed by atoms with Crippen LogP contribution in [0.2, 0.25) is 0 Å². The van der Waals surface area contributed by atoms with Gasteiger partial charge in [-0.25, -0.2) is 0 Å². The van der Waals surface area contributed by atoms with Gasteiger partial charge < -0.3 is 10.8 Å². The zero-order valence-corrected chi connectivity index (χ0v) is 10.7. The van der Waals surface area contributed by atoms with E-state index >= 15 is 0 Å². The molecule has 2 radical (unpaired) electrons. The van der Waals surface area contributed by atoms with Crippen LogP contribution in [0, 0.1) is 0 Å². The van der Waals surface area contributed by atoms with Crippen LogP contribution in [0.25, 0.3) is 22.4 Å². The molecule has 0 aliphatic carbocycles. The summed E-state index contributed by atoms with van der Waals surface area (Å²) in [7, 11) is 5.78. The first-order valence-corrected chi connectivity index (χ1v) is 6.13. The highest BCUT2D eigenvalue weighted by atomic mass is 16.3. The number of nitrogens with two attached hydrogens (primary N) is 1. The maximum Gasteiger partial charge on any atom is 0.124 e. The molecular weight excluding hydrogens is 249 g/mol. The highest BCUT2D eigenvalue weighted by Crippen LogP contribution is 2.34. The summed E-state index contributed by atoms with van der Waals surface area (Å²) < 4.78 is 0. The number of H-pyrrole nitrogens is 1. The van der Waals surface area contributed by atoms with Crippen molar-refractivity contribution >= 4 is 19.0 Å². The van der Waals surface area contributed by atoms with Crippen molar-refractivity contribution in [2.75, 3.05) is 5.73 Å². The number of aromatic hydroxyl groups is 1. The molecule has 0 saturated carbocycles. The third-order valence-corrected chi connectivity index (χ3v) is 3.15. The first-order valence-electron chi connectivity index (χ1n) is 6.13. The Kier molecular flexibility index (Phi) is 2.95. The lowest BCUT2D eigenvalue weighted by Crippen LogP contribution is -2.01. The molecule has 1 aromatic heterocycles. The second-order valence-electron chi connectivity index (χ2n) is 4.56. The van der Waals surface area contributed by atoms with Gasteiger partial charge >= 0.3 is 0 Å². The number of aromatic nitrogens is 2. The van der Waals surface area contributed by atoms with Crippen molar-refractivity contribution in [3.05, 3.63) is 48.7 Å². The fraction of sp³-hybridized carbons (Fsp3) is 0. The topological polar surface area (TPSA) is 74.9 Å². The monoisotopic (exact) mass is 261 g/mol. The quantitative estimate of drug-likeness (QED) is 0.486. The minimum Gasteiger partial charge on any atom is -0.507 e. The molecule has 0 atom stereocenters. The lowest BCUT2D eigenvalue weighted by atomic mass is 9.91. The summed E-state index contributed by atoms with van der Waals surface area (Å²) in [6.45, 7) is 0. The molecule has 4 N–H and O–H groups in total. The van der Waals surface area contributed by atoms with Gasteiger partial charge in [0, 0.05) is 16.8 Å². The van der Waals surface area contributed by atoms with E-state index < -0.39 is 0 Å². The van der Waals surface area contributed by atoms with Gasteiger partial charge in [-0.1, -0.05) is 29.7 Å². The summed E-state index contributed by atoms with van der Waals surface area (Å²) >= 11 is 0. The molecule has 0 amide bonds. The number of benzene rings is 2. The number of nitrogen functional groups attached to an aromatic ring is 1. The third kappa shape index (κ3) is 2.14. The molecule has 0 spiro atoms. The third-order valence-electron chi connectivity index (χ3n) is 3.15. The first kappa shape index (κ1) is 12.4. The van der Waals surface area contributed by atoms with Crippen molar-refractivity contribution in [3.8, 4) is 28.1 Å². The SMILES string of the molecule is [B]c1ccc(O)c(-c2[nH]ncc2-c2ccc(N)cc2)c1. The van der Waals surface area contributed by atoms with Crippen LogP contribution in [0.15, 0.2) is 48.7 Å². The number of anilines is 1. The summed E-state index contributed by atoms with van der Waals surface area (Å²) in [6.07, 6.45) is 1.71. The Morgan fingerprint density at radius 1 is 1.05 bits per heavy atom. The molecule has 4 nitrogen and oxygen atoms in total. The molecule has 5 heteroatoms. The second-order valence-corrected chi connectivity index (χ2v) is 4.56. The number of hydrogen-bond donors (Lipinski definition) is 3. The van der Waals surface area contributed by atoms with Gasteiger partial charge in [0.15, 0.2) is 0 Å². The molecule has 96 valence electrons. The maximum atomic E-state index is 10.00. The average molecular weight is 261 g/mol. The second kappa shape index (κ2) is 4.77. The molecule has 20 heavy (non-hydrogen) atoms. The van der Waals surface area contributed by atoms with Gasteiger partial charge in [0.25, 0.3) is 0 Å². The molecule has 1 heterocycles. The van der Waals surface area contributed by atoms with Crippen LogP contribution in [-0.2, 0) is 0 Å². The van der Waals surface area contributed by atoms with Gasteiger partial charge in [0.1, 0.15) is 13.6 Å². The van der Waals surface area contributed by atoms with Crippen LogP contribution in [0.3, 0.4) is 0 Å². The largest absolute Gasteiger partial charge is 0.507 e. The fourth-order valence-corrected chi connectivity index (χ4v) is 2.13. The smallest absolute Gasteiger partial charge is 0.124 e. The zero-order chi connectivity index (χ0) is 14.1. The lowest BCUT2D eigenvalue weighted by molar-refractivity contribution is 0.477. The van der Waals surface area contributed by atoms with E-state index in [9.17, 15) is 5.11 Å². The molecule has 0 fully saturated rings. The van der Waals surface area contributed by atoms with Crippen molar-refractivity contribution in [2.24, 2.45) is 0 Å². The standard InChI is InChI=1S/C15H12BN3O/c16-10-3-6-14(20)12(7-10)15-13(8-18-19-15)9-1-4-11(17)5-2-9/h1-8,20H,17H2,(H,18,19). The van der Waals surface area contributed by atoms with Crippen LogP contribution >= 0.6 is 0 Å². The number of phenols is 1. The summed E-state index contributed by atoms with van der Waals surface area (Å²) in [5.41, 5.74) is 10.2. The van der Waals surface area contributed by atoms with E-state index in [1.54, 1.807) is 24.4 Å². The van der Waals surface area contributed by atoms with Gasteiger partial charge in [-0.15, -0.1) is 0 Å². The summed E-state index contributed by atoms with van der Waals surface area (Å²) in [6, 6.07) is 12.4. The van der Waals surface area contributed by atoms with Crippen LogP contribution in [0.1, 0.15) is 0 Å². The number of hydrogen-bond acceptors (Lipinski definition) is 3. The van der Waals surface area contributed by atoms with Crippen molar-refractivity contribution < 1.29 is 5.11 Å². The number of nitrogens with zero attached hydrogens (tertiary/aromatic N) is 1. The summed E-state index contributed by atoms with van der Waals surface area (Å²) in [5.74, 6) is 0.153. The molecule has 0 unspecified atom stereocenters. The molecule has 3 aromatic rings. The van der Waals surface area contributed by atoms with Crippen LogP contribution in [-0.4, -0.2) is 23.2 Å². The van der Waals surface area contributed by atoms with E-state index in [1.807, 2.05) is 24.3 Å². The van der Waals surface area contributed by atoms with Crippen LogP contribution in [0.4, 0.5) is 5.69 Å². The van der Waals surface area contributed by atoms with Gasteiger partial charge in [0.05, 0.1) is 11.9 Å². The summed E-state index contributed by atoms with van der Waals surface area (Å²) in [4.78, 5) is 0. The van der Waals surface area contributed by atoms with Crippen molar-refractivity contribution in [1.82, 2.24) is 10.2 Å². The Labute approximate surface area is 117 Å². The van der Waals surface area contributed by atoms with E-state index in [2.05, 4.69) is 10.2 Å². The maximum absolute atomic E-state index is 10.00. The van der Waals surface area contributed by atoms with E-state index in [1.165, 1.54) is 0 Å². The molecule has 2 aromatic carbocycles. The Morgan fingerprint density at radius 2 is 1.80 bits per heavy atom. The van der Waals surface area contributed by atoms with E-state index in [0.29, 0.717) is 16.7 Å². The van der Waals surface area contributed by atoms with Crippen molar-refractivity contribution in [2.45, 2.75) is 0 Å². The molecular formula is C15H12BN3O. The molecule has 0 aliphatic heterocycles. The minimum atomic E-state index is 0.153. The number of rotatable bonds is 2. The highest BCUT2D eigenvalue weighted by Gasteiger charge is 2.13. The predicted octanol–water partition coefficient (Wildman–Crippen LogP) is 1.83. The Bertz CT molecular complexity index is 750. The molecule has 0 aliphatic rings. The predicted molar refractivity (Wildman–Crippen MR) is 80.9 cm³/mol. The number of aromatic amines is 1. The van der Waals surface area contributed by atoms with Gasteiger partial charge in [0.2, 0.25) is 0 Å². The van der Waals surface area contributed by atoms with Gasteiger partial charge in [-0.05, 0) is 23.8 Å². The number of phenolic OH excluding ortho intramolecular Hbond substituents is 1. The Hall–Kier alpha value is -2.69. The lowest BCUT2D eigenvalue weighted by Gasteiger charge is -2.07. The van der Waals surface area contributed by atoms with Crippen molar-refractivity contribution in [1.29, 1.82) is 0 Å². The molecule has 0 bridgehead atoms. The number of nitrogens with one attached hydrogen (secondary N) is 1. The minimum absolute atomic E-state index is 0.153. The normalized spacial score (nSPS) is 10.6. The van der Waals surface area contributed by atoms with Crippen LogP contribution in [0.5, 0.6) is 5.75 Å². The Morgan fingerprint density at radius 3 is 2.55 bits per heavy atom. The first-order chi connectivity index (χ1) is 9.65. The highest BCUT2D eigenvalue weighted by molar-refractivity contribution is 6.32. The van der Waals surface area contributed by atoms with E-state index in [-0.39, 0.29) is 5.75 Å². The molecule has 0 saturated heterocycles. The summed E-state index contributed by atoms with van der Waals surface area (Å²) in [5, 5.41) is 17.0. The molecule has 3 rings (SSSR count). The van der Waals surface area contributed by atoms with Gasteiger partial charge in [-0.2, -0.15) is 5.10 Å². The zero-order valence-electron chi connectivity index (χ0n) is 10.7. The van der Waals surface area contributed by atoms with Crippen molar-refractivity contribution in [3.63, 3.8) is 0 Å². The average Bonchev–Trinajstić information content (AvgIpc) is 2.91. The van der Waals surface area contributed by atoms with Gasteiger partial charge in [-0.3, -0.25) is 5.10 Å². The van der Waals surface area contributed by atoms with E-state index in [0.717, 1.165) is 16.8 Å². The van der Waals surface area contributed by atoms with Crippen LogP contribution < -0.4 is 11.2 Å². The Balaban J connectivity index is 2.15. The van der Waals surface area contributed by atoms with E-state index in [4.69, 9.17) is 13.6 Å². The fourth-order valence-electron chi connectivity index (χ4n) is 2.13.